The van der Waals surface area contributed by atoms with Crippen molar-refractivity contribution in [1.29, 1.82) is 0 Å². The fraction of sp³-hybridized carbons (Fsp3) is 0.0755. The summed E-state index contributed by atoms with van der Waals surface area (Å²) < 4.78 is 6.54. The van der Waals surface area contributed by atoms with E-state index in [2.05, 4.69) is 189 Å². The van der Waals surface area contributed by atoms with Gasteiger partial charge in [-0.05, 0) is 108 Å². The number of anilines is 1. The van der Waals surface area contributed by atoms with E-state index in [-0.39, 0.29) is 11.6 Å². The topological polar surface area (TPSA) is 37.5 Å². The number of furan rings is 1. The molecule has 2 aliphatic rings. The normalized spacial score (nSPS) is 15.2. The van der Waals surface area contributed by atoms with Crippen molar-refractivity contribution in [2.75, 3.05) is 5.32 Å². The maximum atomic E-state index is 6.54. The van der Waals surface area contributed by atoms with Gasteiger partial charge in [-0.3, -0.25) is 4.99 Å². The second-order valence-corrected chi connectivity index (χ2v) is 15.5. The van der Waals surface area contributed by atoms with Crippen LogP contribution >= 0.6 is 0 Å². The molecule has 1 aromatic heterocycles. The third-order valence-corrected chi connectivity index (χ3v) is 11.9. The van der Waals surface area contributed by atoms with Crippen LogP contribution in [0.1, 0.15) is 48.0 Å². The highest BCUT2D eigenvalue weighted by Gasteiger charge is 2.38. The zero-order chi connectivity index (χ0) is 37.4. The van der Waals surface area contributed by atoms with Crippen molar-refractivity contribution in [2.45, 2.75) is 25.4 Å². The second kappa shape index (κ2) is 12.5. The summed E-state index contributed by atoms with van der Waals surface area (Å²) in [6.07, 6.45) is -0.310. The Bertz CT molecular complexity index is 3030. The van der Waals surface area contributed by atoms with E-state index in [1.807, 2.05) is 12.1 Å². The molecule has 2 heterocycles. The van der Waals surface area contributed by atoms with Crippen molar-refractivity contribution in [1.82, 2.24) is 0 Å². The SMILES string of the molecule is CC1(C)c2cc(-c3cccc(C4N=C(c5cccc(-c6ccccc6)c5)c5oc6ccccc6c5N4)c3)ccc2-c2c1cc1ccccc1c2-c1ccccc1. The molecule has 266 valence electrons. The highest BCUT2D eigenvalue weighted by Crippen LogP contribution is 2.55. The van der Waals surface area contributed by atoms with E-state index >= 15 is 0 Å². The Morgan fingerprint density at radius 2 is 1.14 bits per heavy atom. The summed E-state index contributed by atoms with van der Waals surface area (Å²) >= 11 is 0. The standard InChI is InChI=1S/C53H38N2O/c1-53(2)44-31-37(27-28-42(44)48-45(53)32-38-19-9-10-24-41(38)47(48)34-17-7-4-8-18-34)36-21-14-23-40(30-36)52-54-49(51-50(55-52)43-25-11-12-26-46(43)56-51)39-22-13-20-35(29-39)33-15-5-3-6-16-33/h3-32,52,55H,1-2H3. The molecule has 0 bridgehead atoms. The molecule has 11 rings (SSSR count). The van der Waals surface area contributed by atoms with Gasteiger partial charge in [-0.1, -0.05) is 159 Å². The van der Waals surface area contributed by atoms with Gasteiger partial charge < -0.3 is 9.73 Å². The van der Waals surface area contributed by atoms with Crippen molar-refractivity contribution in [3.63, 3.8) is 0 Å². The summed E-state index contributed by atoms with van der Waals surface area (Å²) in [5.41, 5.74) is 17.3. The lowest BCUT2D eigenvalue weighted by atomic mass is 9.80. The minimum atomic E-state index is -0.310. The first-order chi connectivity index (χ1) is 27.5. The number of aliphatic imine (C=N–C) groups is 1. The monoisotopic (exact) mass is 718 g/mol. The number of hydrogen-bond donors (Lipinski definition) is 1. The van der Waals surface area contributed by atoms with Crippen molar-refractivity contribution in [2.24, 2.45) is 4.99 Å². The maximum Gasteiger partial charge on any atom is 0.177 e. The molecule has 3 nitrogen and oxygen atoms in total. The molecular weight excluding hydrogens is 681 g/mol. The summed E-state index contributed by atoms with van der Waals surface area (Å²) in [5.74, 6) is 0.770. The van der Waals surface area contributed by atoms with Gasteiger partial charge in [0.15, 0.2) is 5.76 Å². The Morgan fingerprint density at radius 3 is 1.96 bits per heavy atom. The van der Waals surface area contributed by atoms with Crippen LogP contribution in [-0.4, -0.2) is 5.71 Å². The van der Waals surface area contributed by atoms with Crippen LogP contribution in [0.4, 0.5) is 5.69 Å². The highest BCUT2D eigenvalue weighted by atomic mass is 16.3. The fourth-order valence-corrected chi connectivity index (χ4v) is 9.07. The van der Waals surface area contributed by atoms with Crippen molar-refractivity contribution in [3.05, 3.63) is 210 Å². The van der Waals surface area contributed by atoms with Crippen LogP contribution in [-0.2, 0) is 5.41 Å². The lowest BCUT2D eigenvalue weighted by Gasteiger charge is -2.24. The zero-order valence-corrected chi connectivity index (χ0v) is 31.3. The van der Waals surface area contributed by atoms with E-state index in [1.54, 1.807) is 0 Å². The van der Waals surface area contributed by atoms with Crippen molar-refractivity contribution in [3.8, 4) is 44.5 Å². The predicted octanol–water partition coefficient (Wildman–Crippen LogP) is 13.9. The van der Waals surface area contributed by atoms with Crippen LogP contribution in [0.25, 0.3) is 66.2 Å². The molecule has 0 spiro atoms. The first kappa shape index (κ1) is 32.5. The van der Waals surface area contributed by atoms with Gasteiger partial charge in [0.2, 0.25) is 0 Å². The Kier molecular flexibility index (Phi) is 7.27. The summed E-state index contributed by atoms with van der Waals surface area (Å²) in [6.45, 7) is 4.76. The molecule has 1 unspecified atom stereocenters. The molecule has 9 aromatic rings. The van der Waals surface area contributed by atoms with Crippen LogP contribution < -0.4 is 5.32 Å². The highest BCUT2D eigenvalue weighted by molar-refractivity contribution is 6.19. The minimum Gasteiger partial charge on any atom is -0.452 e. The van der Waals surface area contributed by atoms with Gasteiger partial charge in [-0.15, -0.1) is 0 Å². The van der Waals surface area contributed by atoms with Crippen molar-refractivity contribution < 1.29 is 4.42 Å². The van der Waals surface area contributed by atoms with Gasteiger partial charge in [0.1, 0.15) is 17.5 Å². The summed E-state index contributed by atoms with van der Waals surface area (Å²) in [6, 6.07) is 65.4. The van der Waals surface area contributed by atoms with E-state index in [9.17, 15) is 0 Å². The Balaban J connectivity index is 1.02. The molecule has 8 aromatic carbocycles. The largest absolute Gasteiger partial charge is 0.452 e. The zero-order valence-electron chi connectivity index (χ0n) is 31.3. The van der Waals surface area contributed by atoms with Crippen molar-refractivity contribution >= 4 is 33.1 Å². The van der Waals surface area contributed by atoms with Gasteiger partial charge in [0.25, 0.3) is 0 Å². The minimum absolute atomic E-state index is 0.178. The number of benzene rings is 8. The van der Waals surface area contributed by atoms with Gasteiger partial charge in [-0.25, -0.2) is 0 Å². The average molecular weight is 719 g/mol. The number of nitrogens with zero attached hydrogens (tertiary/aromatic N) is 1. The Morgan fingerprint density at radius 1 is 0.500 bits per heavy atom. The Labute approximate surface area is 326 Å². The first-order valence-electron chi connectivity index (χ1n) is 19.4. The molecular formula is C53H38N2O. The van der Waals surface area contributed by atoms with Gasteiger partial charge >= 0.3 is 0 Å². The molecule has 1 aliphatic carbocycles. The number of para-hydroxylation sites is 1. The molecule has 0 saturated carbocycles. The molecule has 3 heteroatoms. The molecule has 56 heavy (non-hydrogen) atoms. The van der Waals surface area contributed by atoms with Gasteiger partial charge in [-0.2, -0.15) is 0 Å². The number of hydrogen-bond acceptors (Lipinski definition) is 3. The lowest BCUT2D eigenvalue weighted by molar-refractivity contribution is 0.599. The van der Waals surface area contributed by atoms with Crippen LogP contribution in [0.2, 0.25) is 0 Å². The van der Waals surface area contributed by atoms with E-state index < -0.39 is 0 Å². The van der Waals surface area contributed by atoms with E-state index in [0.717, 1.165) is 50.4 Å². The maximum absolute atomic E-state index is 6.54. The number of fused-ring (bicyclic) bond motifs is 7. The van der Waals surface area contributed by atoms with Gasteiger partial charge in [0, 0.05) is 16.4 Å². The third-order valence-electron chi connectivity index (χ3n) is 11.9. The molecule has 1 atom stereocenters. The molecule has 0 amide bonds. The second-order valence-electron chi connectivity index (χ2n) is 15.5. The quantitative estimate of drug-likeness (QED) is 0.192. The molecule has 1 N–H and O–H groups in total. The van der Waals surface area contributed by atoms with Crippen LogP contribution in [0.3, 0.4) is 0 Å². The third kappa shape index (κ3) is 5.08. The van der Waals surface area contributed by atoms with Crippen LogP contribution in [0, 0.1) is 0 Å². The van der Waals surface area contributed by atoms with E-state index in [4.69, 9.17) is 9.41 Å². The predicted molar refractivity (Wildman–Crippen MR) is 232 cm³/mol. The number of rotatable bonds is 5. The molecule has 1 aliphatic heterocycles. The average Bonchev–Trinajstić information content (AvgIpc) is 3.74. The van der Waals surface area contributed by atoms with Crippen LogP contribution in [0.15, 0.2) is 191 Å². The van der Waals surface area contributed by atoms with Crippen LogP contribution in [0.5, 0.6) is 0 Å². The Hall–Kier alpha value is -6.97. The molecule has 0 radical (unpaired) electrons. The number of nitrogens with one attached hydrogen (secondary N) is 1. The summed E-state index contributed by atoms with van der Waals surface area (Å²) in [7, 11) is 0. The first-order valence-corrected chi connectivity index (χ1v) is 19.4. The fourth-order valence-electron chi connectivity index (χ4n) is 9.07. The van der Waals surface area contributed by atoms with E-state index in [0.29, 0.717) is 0 Å². The molecule has 0 saturated heterocycles. The van der Waals surface area contributed by atoms with E-state index in [1.165, 1.54) is 55.3 Å². The smallest absolute Gasteiger partial charge is 0.177 e. The molecule has 0 fully saturated rings. The summed E-state index contributed by atoms with van der Waals surface area (Å²) in [4.78, 5) is 5.41. The summed E-state index contributed by atoms with van der Waals surface area (Å²) in [5, 5.41) is 7.40. The lowest BCUT2D eigenvalue weighted by Crippen LogP contribution is -2.19. The van der Waals surface area contributed by atoms with Gasteiger partial charge in [0.05, 0.1) is 5.69 Å².